The van der Waals surface area contributed by atoms with Crippen molar-refractivity contribution < 1.29 is 14.3 Å². The van der Waals surface area contributed by atoms with Crippen molar-refractivity contribution in [2.45, 2.75) is 12.8 Å². The van der Waals surface area contributed by atoms with Crippen LogP contribution in [-0.2, 0) is 0 Å². The van der Waals surface area contributed by atoms with Gasteiger partial charge in [0.05, 0.1) is 5.56 Å². The molecule has 0 aliphatic heterocycles. The Morgan fingerprint density at radius 2 is 2.35 bits per heavy atom. The number of aromatic nitrogens is 1. The second-order valence-electron chi connectivity index (χ2n) is 4.33. The second-order valence-corrected chi connectivity index (χ2v) is 4.33. The van der Waals surface area contributed by atoms with E-state index in [1.807, 2.05) is 0 Å². The van der Waals surface area contributed by atoms with Crippen molar-refractivity contribution in [3.05, 3.63) is 23.8 Å². The fraction of sp³-hybridized carbons (Fsp3) is 0.333. The predicted octanol–water partition coefficient (Wildman–Crippen LogP) is 2.35. The minimum absolute atomic E-state index is 0.211. The van der Waals surface area contributed by atoms with Crippen LogP contribution in [0.1, 0.15) is 23.2 Å². The van der Waals surface area contributed by atoms with E-state index in [9.17, 15) is 4.79 Å². The van der Waals surface area contributed by atoms with Crippen LogP contribution in [0.15, 0.2) is 22.6 Å². The van der Waals surface area contributed by atoms with E-state index in [1.165, 1.54) is 25.0 Å². The molecule has 0 atom stereocenters. The number of aromatic carboxylic acids is 1. The first kappa shape index (κ1) is 10.1. The van der Waals surface area contributed by atoms with Crippen LogP contribution in [0.25, 0.3) is 11.1 Å². The average molecular weight is 232 g/mol. The van der Waals surface area contributed by atoms with E-state index in [-0.39, 0.29) is 5.56 Å². The quantitative estimate of drug-likeness (QED) is 0.846. The highest BCUT2D eigenvalue weighted by Gasteiger charge is 2.21. The van der Waals surface area contributed by atoms with Crippen LogP contribution in [-0.4, -0.2) is 22.6 Å². The SMILES string of the molecule is O=C(O)c1ccc2nc(NCC3CC3)oc2c1. The molecule has 5 heteroatoms. The molecular weight excluding hydrogens is 220 g/mol. The van der Waals surface area contributed by atoms with Gasteiger partial charge in [-0.3, -0.25) is 0 Å². The highest BCUT2D eigenvalue weighted by atomic mass is 16.4. The summed E-state index contributed by atoms with van der Waals surface area (Å²) in [6.07, 6.45) is 2.52. The van der Waals surface area contributed by atoms with Gasteiger partial charge in [0.2, 0.25) is 0 Å². The molecule has 1 aromatic carbocycles. The summed E-state index contributed by atoms with van der Waals surface area (Å²) < 4.78 is 5.45. The Labute approximate surface area is 97.5 Å². The summed E-state index contributed by atoms with van der Waals surface area (Å²) in [5.41, 5.74) is 1.39. The zero-order valence-electron chi connectivity index (χ0n) is 9.14. The van der Waals surface area contributed by atoms with Gasteiger partial charge < -0.3 is 14.8 Å². The average Bonchev–Trinajstić information content (AvgIpc) is 3.04. The Morgan fingerprint density at radius 3 is 3.06 bits per heavy atom. The standard InChI is InChI=1S/C12H12N2O3/c15-11(16)8-3-4-9-10(5-8)17-12(14-9)13-6-7-1-2-7/h3-5,7H,1-2,6H2,(H,13,14)(H,15,16). The van der Waals surface area contributed by atoms with Crippen LogP contribution in [0.5, 0.6) is 0 Å². The lowest BCUT2D eigenvalue weighted by Crippen LogP contribution is -2.02. The number of carboxylic acid groups (broad SMARTS) is 1. The van der Waals surface area contributed by atoms with E-state index in [2.05, 4.69) is 10.3 Å². The molecule has 2 N–H and O–H groups in total. The summed E-state index contributed by atoms with van der Waals surface area (Å²) >= 11 is 0. The maximum absolute atomic E-state index is 10.8. The summed E-state index contributed by atoms with van der Waals surface area (Å²) in [7, 11) is 0. The van der Waals surface area contributed by atoms with Crippen molar-refractivity contribution in [2.24, 2.45) is 5.92 Å². The molecular formula is C12H12N2O3. The van der Waals surface area contributed by atoms with Crippen molar-refractivity contribution in [2.75, 3.05) is 11.9 Å². The van der Waals surface area contributed by atoms with Crippen molar-refractivity contribution in [3.63, 3.8) is 0 Å². The molecule has 2 aromatic rings. The molecule has 5 nitrogen and oxygen atoms in total. The third-order valence-corrected chi connectivity index (χ3v) is 2.87. The summed E-state index contributed by atoms with van der Waals surface area (Å²) in [5.74, 6) is -0.226. The van der Waals surface area contributed by atoms with Gasteiger partial charge in [0.25, 0.3) is 6.01 Å². The highest BCUT2D eigenvalue weighted by molar-refractivity contribution is 5.92. The molecule has 0 spiro atoms. The van der Waals surface area contributed by atoms with E-state index in [0.717, 1.165) is 12.5 Å². The monoisotopic (exact) mass is 232 g/mol. The van der Waals surface area contributed by atoms with Gasteiger partial charge in [0, 0.05) is 6.54 Å². The lowest BCUT2D eigenvalue weighted by molar-refractivity contribution is 0.0697. The molecule has 88 valence electrons. The number of nitrogens with zero attached hydrogens (tertiary/aromatic N) is 1. The Balaban J connectivity index is 1.86. The highest BCUT2D eigenvalue weighted by Crippen LogP contribution is 2.29. The number of hydrogen-bond donors (Lipinski definition) is 2. The fourth-order valence-electron chi connectivity index (χ4n) is 1.69. The van der Waals surface area contributed by atoms with Gasteiger partial charge >= 0.3 is 5.97 Å². The molecule has 1 aliphatic carbocycles. The van der Waals surface area contributed by atoms with Gasteiger partial charge in [-0.2, -0.15) is 4.98 Å². The summed E-state index contributed by atoms with van der Waals surface area (Å²) in [6.45, 7) is 0.874. The molecule has 1 saturated carbocycles. The van der Waals surface area contributed by atoms with Crippen LogP contribution >= 0.6 is 0 Å². The number of fused-ring (bicyclic) bond motifs is 1. The second kappa shape index (κ2) is 3.76. The Hall–Kier alpha value is -2.04. The summed E-state index contributed by atoms with van der Waals surface area (Å²) in [5, 5.41) is 12.0. The zero-order valence-corrected chi connectivity index (χ0v) is 9.14. The Bertz CT molecular complexity index is 572. The molecule has 0 radical (unpaired) electrons. The van der Waals surface area contributed by atoms with Gasteiger partial charge in [-0.25, -0.2) is 4.79 Å². The van der Waals surface area contributed by atoms with E-state index in [0.29, 0.717) is 17.1 Å². The molecule has 1 aromatic heterocycles. The lowest BCUT2D eigenvalue weighted by Gasteiger charge is -1.96. The van der Waals surface area contributed by atoms with Gasteiger partial charge in [0.1, 0.15) is 5.52 Å². The number of oxazole rings is 1. The summed E-state index contributed by atoms with van der Waals surface area (Å²) in [6, 6.07) is 5.14. The van der Waals surface area contributed by atoms with E-state index in [4.69, 9.17) is 9.52 Å². The normalized spacial score (nSPS) is 15.1. The first-order valence-corrected chi connectivity index (χ1v) is 5.60. The van der Waals surface area contributed by atoms with E-state index >= 15 is 0 Å². The Morgan fingerprint density at radius 1 is 1.53 bits per heavy atom. The largest absolute Gasteiger partial charge is 0.478 e. The van der Waals surface area contributed by atoms with Crippen molar-refractivity contribution in [3.8, 4) is 0 Å². The minimum Gasteiger partial charge on any atom is -0.478 e. The molecule has 1 fully saturated rings. The number of carboxylic acids is 1. The predicted molar refractivity (Wildman–Crippen MR) is 62.2 cm³/mol. The van der Waals surface area contributed by atoms with Crippen LogP contribution < -0.4 is 5.32 Å². The summed E-state index contributed by atoms with van der Waals surface area (Å²) in [4.78, 5) is 15.0. The lowest BCUT2D eigenvalue weighted by atomic mass is 10.2. The zero-order chi connectivity index (χ0) is 11.8. The molecule has 3 rings (SSSR count). The molecule has 17 heavy (non-hydrogen) atoms. The van der Waals surface area contributed by atoms with Crippen LogP contribution in [0.3, 0.4) is 0 Å². The maximum atomic E-state index is 10.8. The number of rotatable bonds is 4. The van der Waals surface area contributed by atoms with Crippen molar-refractivity contribution in [1.82, 2.24) is 4.98 Å². The maximum Gasteiger partial charge on any atom is 0.335 e. The van der Waals surface area contributed by atoms with Gasteiger partial charge in [-0.15, -0.1) is 0 Å². The van der Waals surface area contributed by atoms with Crippen LogP contribution in [0, 0.1) is 5.92 Å². The van der Waals surface area contributed by atoms with Gasteiger partial charge in [0.15, 0.2) is 5.58 Å². The van der Waals surface area contributed by atoms with E-state index < -0.39 is 5.97 Å². The number of anilines is 1. The topological polar surface area (TPSA) is 75.4 Å². The molecule has 0 amide bonds. The number of carbonyl (C=O) groups is 1. The molecule has 0 unspecified atom stereocenters. The van der Waals surface area contributed by atoms with Crippen LogP contribution in [0.2, 0.25) is 0 Å². The molecule has 0 saturated heterocycles. The number of hydrogen-bond acceptors (Lipinski definition) is 4. The third-order valence-electron chi connectivity index (χ3n) is 2.87. The first-order chi connectivity index (χ1) is 8.22. The Kier molecular flexibility index (Phi) is 2.24. The van der Waals surface area contributed by atoms with Crippen molar-refractivity contribution in [1.29, 1.82) is 0 Å². The smallest absolute Gasteiger partial charge is 0.335 e. The number of benzene rings is 1. The van der Waals surface area contributed by atoms with Crippen LogP contribution in [0.4, 0.5) is 6.01 Å². The molecule has 1 heterocycles. The van der Waals surface area contributed by atoms with Gasteiger partial charge in [-0.05, 0) is 37.0 Å². The third kappa shape index (κ3) is 2.08. The fourth-order valence-corrected chi connectivity index (χ4v) is 1.69. The van der Waals surface area contributed by atoms with E-state index in [1.54, 1.807) is 6.07 Å². The minimum atomic E-state index is -0.962. The van der Waals surface area contributed by atoms with Crippen molar-refractivity contribution >= 4 is 23.1 Å². The first-order valence-electron chi connectivity index (χ1n) is 5.60. The number of nitrogens with one attached hydrogen (secondary N) is 1. The van der Waals surface area contributed by atoms with Gasteiger partial charge in [-0.1, -0.05) is 0 Å². The molecule has 1 aliphatic rings. The molecule has 0 bridgehead atoms.